The van der Waals surface area contributed by atoms with Crippen LogP contribution in [-0.4, -0.2) is 45.5 Å². The fourth-order valence-electron chi connectivity index (χ4n) is 4.82. The van der Waals surface area contributed by atoms with Crippen LogP contribution in [0.25, 0.3) is 0 Å². The van der Waals surface area contributed by atoms with Crippen molar-refractivity contribution in [2.75, 3.05) is 13.2 Å². The molecule has 0 aromatic heterocycles. The number of carbonyl (C=O) groups is 1. The average Bonchev–Trinajstić information content (AvgIpc) is 2.85. The maximum atomic E-state index is 13.0. The maximum Gasteiger partial charge on any atom is 0.314 e. The topological polar surface area (TPSA) is 54.0 Å². The first kappa shape index (κ1) is 30.7. The van der Waals surface area contributed by atoms with Crippen molar-refractivity contribution in [1.29, 1.82) is 0 Å². The molecule has 0 aromatic rings. The summed E-state index contributed by atoms with van der Waals surface area (Å²) in [6.45, 7) is 31.1. The zero-order valence-corrected chi connectivity index (χ0v) is 25.5. The summed E-state index contributed by atoms with van der Waals surface area (Å²) in [5, 5.41) is 0.0687. The maximum absolute atomic E-state index is 13.0. The van der Waals surface area contributed by atoms with Crippen LogP contribution in [0.2, 0.25) is 18.1 Å². The van der Waals surface area contributed by atoms with Crippen molar-refractivity contribution >= 4 is 14.3 Å². The summed E-state index contributed by atoms with van der Waals surface area (Å²) >= 11 is 0. The van der Waals surface area contributed by atoms with Gasteiger partial charge in [0.1, 0.15) is 5.60 Å². The van der Waals surface area contributed by atoms with Gasteiger partial charge in [-0.15, -0.1) is 0 Å². The lowest BCUT2D eigenvalue weighted by atomic mass is 9.59. The van der Waals surface area contributed by atoms with E-state index in [1.54, 1.807) is 0 Å². The Morgan fingerprint density at radius 2 is 1.92 bits per heavy atom. The Hall–Kier alpha value is -1.47. The zero-order valence-electron chi connectivity index (χ0n) is 24.5. The van der Waals surface area contributed by atoms with E-state index >= 15 is 0 Å². The minimum Gasteiger partial charge on any atom is -0.454 e. The van der Waals surface area contributed by atoms with Gasteiger partial charge in [-0.2, -0.15) is 0 Å². The van der Waals surface area contributed by atoms with Gasteiger partial charge in [-0.05, 0) is 63.4 Å². The number of allylic oxidation sites excluding steroid dienone is 3. The Kier molecular flexibility index (Phi) is 9.83. The van der Waals surface area contributed by atoms with Gasteiger partial charge in [0, 0.05) is 18.4 Å². The van der Waals surface area contributed by atoms with E-state index in [1.165, 1.54) is 5.57 Å². The van der Waals surface area contributed by atoms with Crippen LogP contribution in [0.5, 0.6) is 0 Å². The quantitative estimate of drug-likeness (QED) is 0.0879. The molecule has 1 unspecified atom stereocenters. The molecule has 6 heteroatoms. The minimum absolute atomic E-state index is 0.0687. The van der Waals surface area contributed by atoms with Crippen molar-refractivity contribution in [1.82, 2.24) is 0 Å². The Morgan fingerprint density at radius 3 is 2.50 bits per heavy atom. The highest BCUT2D eigenvalue weighted by Gasteiger charge is 2.66. The second-order valence-electron chi connectivity index (χ2n) is 12.5. The van der Waals surface area contributed by atoms with Gasteiger partial charge in [0.25, 0.3) is 0 Å². The summed E-state index contributed by atoms with van der Waals surface area (Å²) in [6, 6.07) is 0. The molecule has 1 saturated carbocycles. The molecule has 0 radical (unpaired) electrons. The second-order valence-corrected chi connectivity index (χ2v) is 17.3. The largest absolute Gasteiger partial charge is 0.454 e. The van der Waals surface area contributed by atoms with Gasteiger partial charge in [0.2, 0.25) is 0 Å². The van der Waals surface area contributed by atoms with Crippen LogP contribution < -0.4 is 0 Å². The van der Waals surface area contributed by atoms with Crippen molar-refractivity contribution in [3.8, 4) is 0 Å². The van der Waals surface area contributed by atoms with E-state index in [2.05, 4.69) is 79.9 Å². The molecule has 2 aliphatic rings. The molecule has 1 saturated heterocycles. The molecular formula is C30H50O5Si. The minimum atomic E-state index is -2.05. The Balaban J connectivity index is 2.11. The lowest BCUT2D eigenvalue weighted by molar-refractivity contribution is -0.147. The van der Waals surface area contributed by atoms with E-state index in [9.17, 15) is 4.79 Å². The highest BCUT2D eigenvalue weighted by molar-refractivity contribution is 6.74. The van der Waals surface area contributed by atoms with Crippen molar-refractivity contribution in [3.05, 3.63) is 48.1 Å². The van der Waals surface area contributed by atoms with E-state index in [1.807, 2.05) is 19.9 Å². The summed E-state index contributed by atoms with van der Waals surface area (Å²) in [5.41, 5.74) is 1.88. The van der Waals surface area contributed by atoms with E-state index < -0.39 is 19.3 Å². The highest BCUT2D eigenvalue weighted by Crippen LogP contribution is 2.59. The molecule has 5 nitrogen and oxygen atoms in total. The van der Waals surface area contributed by atoms with Crippen LogP contribution in [0.3, 0.4) is 0 Å². The van der Waals surface area contributed by atoms with Crippen LogP contribution in [0.1, 0.15) is 74.7 Å². The number of hydrogen-bond donors (Lipinski definition) is 0. The smallest absolute Gasteiger partial charge is 0.314 e. The van der Waals surface area contributed by atoms with Gasteiger partial charge in [-0.1, -0.05) is 71.1 Å². The van der Waals surface area contributed by atoms with Crippen LogP contribution in [0.15, 0.2) is 48.1 Å². The predicted molar refractivity (Wildman–Crippen MR) is 150 cm³/mol. The molecule has 2 fully saturated rings. The van der Waals surface area contributed by atoms with Crippen LogP contribution in [0, 0.1) is 11.3 Å². The summed E-state index contributed by atoms with van der Waals surface area (Å²) in [7, 11) is -2.05. The first-order chi connectivity index (χ1) is 16.5. The van der Waals surface area contributed by atoms with Gasteiger partial charge < -0.3 is 18.6 Å². The zero-order chi connectivity index (χ0) is 27.5. The number of esters is 1. The Morgan fingerprint density at radius 1 is 1.28 bits per heavy atom. The summed E-state index contributed by atoms with van der Waals surface area (Å²) in [6.07, 6.45) is 8.15. The first-order valence-corrected chi connectivity index (χ1v) is 16.2. The molecule has 2 bridgehead atoms. The van der Waals surface area contributed by atoms with Crippen molar-refractivity contribution in [2.45, 2.75) is 111 Å². The van der Waals surface area contributed by atoms with E-state index in [0.717, 1.165) is 24.0 Å². The first-order valence-electron chi connectivity index (χ1n) is 13.3. The van der Waals surface area contributed by atoms with Crippen molar-refractivity contribution < 1.29 is 23.4 Å². The van der Waals surface area contributed by atoms with Crippen LogP contribution >= 0.6 is 0 Å². The van der Waals surface area contributed by atoms with E-state index in [-0.39, 0.29) is 29.3 Å². The molecule has 2 rings (SSSR count). The predicted octanol–water partition coefficient (Wildman–Crippen LogP) is 7.51. The molecule has 0 amide bonds. The van der Waals surface area contributed by atoms with Crippen LogP contribution in [0.4, 0.5) is 0 Å². The molecule has 1 heterocycles. The van der Waals surface area contributed by atoms with E-state index in [0.29, 0.717) is 19.6 Å². The number of fused-ring (bicyclic) bond motifs is 2. The molecule has 0 spiro atoms. The third kappa shape index (κ3) is 6.69. The molecule has 36 heavy (non-hydrogen) atoms. The monoisotopic (exact) mass is 518 g/mol. The number of ether oxygens (including phenoxy) is 3. The Bertz CT molecular complexity index is 892. The lowest BCUT2D eigenvalue weighted by Crippen LogP contribution is -2.54. The van der Waals surface area contributed by atoms with Gasteiger partial charge in [0.05, 0.1) is 18.6 Å². The van der Waals surface area contributed by atoms with Crippen molar-refractivity contribution in [2.24, 2.45) is 11.3 Å². The van der Waals surface area contributed by atoms with Crippen LogP contribution in [-0.2, 0) is 23.4 Å². The third-order valence-corrected chi connectivity index (χ3v) is 12.8. The Labute approximate surface area is 221 Å². The number of carbonyl (C=O) groups excluding carboxylic acids is 1. The number of hydrogen-bond acceptors (Lipinski definition) is 5. The van der Waals surface area contributed by atoms with Gasteiger partial charge in [-0.25, -0.2) is 0 Å². The lowest BCUT2D eigenvalue weighted by Gasteiger charge is -2.49. The molecule has 204 valence electrons. The fourth-order valence-corrected chi connectivity index (χ4v) is 6.12. The SMILES string of the molecule is C=C(/C=C/[C@@]12C[C@H](O[Si](C)(C)C(C)(C)C)C(=C)[C@@H](C(=O)O1)C2(C)C)CC/C=C(\C)COC(C)OCC. The standard InChI is InChI=1S/C30H50O5Si/c1-13-32-24(5)33-20-22(3)16-14-15-21(2)17-18-30-19-25(35-36(11,12)28(6,7)8)23(4)26(27(31)34-30)29(30,9)10/h16-18,24-26H,2,4,13-15,19-20H2,1,3,5-12H3/b18-17+,22-16+/t24?,25-,26-,30-/m0/s1. The average molecular weight is 519 g/mol. The molecule has 1 aliphatic heterocycles. The molecule has 0 N–H and O–H groups in total. The highest BCUT2D eigenvalue weighted by atomic mass is 28.4. The van der Waals surface area contributed by atoms with Gasteiger partial charge in [-0.3, -0.25) is 4.79 Å². The van der Waals surface area contributed by atoms with Gasteiger partial charge in [0.15, 0.2) is 14.6 Å². The molecule has 4 atom stereocenters. The molecule has 1 aliphatic carbocycles. The fraction of sp³-hybridized carbons (Fsp3) is 0.700. The third-order valence-electron chi connectivity index (χ3n) is 8.34. The second kappa shape index (κ2) is 11.5. The van der Waals surface area contributed by atoms with E-state index in [4.69, 9.17) is 18.6 Å². The van der Waals surface area contributed by atoms with Gasteiger partial charge >= 0.3 is 5.97 Å². The normalized spacial score (nSPS) is 27.4. The molecule has 0 aromatic carbocycles. The van der Waals surface area contributed by atoms with Crippen molar-refractivity contribution in [3.63, 3.8) is 0 Å². The number of rotatable bonds is 12. The summed E-state index contributed by atoms with van der Waals surface area (Å²) in [5.74, 6) is -0.565. The molecular weight excluding hydrogens is 468 g/mol. The summed E-state index contributed by atoms with van der Waals surface area (Å²) in [4.78, 5) is 13.0. The summed E-state index contributed by atoms with van der Waals surface area (Å²) < 4.78 is 24.0.